The molecule has 0 N–H and O–H groups in total. The maximum Gasteiger partial charge on any atom is 0.269 e. The Morgan fingerprint density at radius 3 is 2.68 bits per heavy atom. The molecule has 0 saturated carbocycles. The van der Waals surface area contributed by atoms with Crippen LogP contribution in [0.25, 0.3) is 0 Å². The molecular weight excluding hydrogens is 350 g/mol. The van der Waals surface area contributed by atoms with Gasteiger partial charge in [0.15, 0.2) is 0 Å². The van der Waals surface area contributed by atoms with Crippen molar-refractivity contribution in [2.45, 2.75) is 17.9 Å². The minimum atomic E-state index is -0.589. The third-order valence-corrected chi connectivity index (χ3v) is 4.80. The summed E-state index contributed by atoms with van der Waals surface area (Å²) in [5.41, 5.74) is 0.563. The van der Waals surface area contributed by atoms with E-state index in [2.05, 4.69) is 0 Å². The molecule has 0 heterocycles. The molecule has 0 saturated heterocycles. The molecule has 132 valence electrons. The Kier molecular flexibility index (Phi) is 6.08. The third-order valence-electron chi connectivity index (χ3n) is 3.78. The fraction of sp³-hybridized carbons (Fsp3) is 0.235. The van der Waals surface area contributed by atoms with Gasteiger partial charge in [0, 0.05) is 24.1 Å². The Hall–Kier alpha value is -2.48. The van der Waals surface area contributed by atoms with E-state index < -0.39 is 22.6 Å². The van der Waals surface area contributed by atoms with E-state index in [1.807, 2.05) is 0 Å². The maximum absolute atomic E-state index is 13.6. The lowest BCUT2D eigenvalue weighted by atomic mass is 10.1. The molecule has 0 aliphatic heterocycles. The summed E-state index contributed by atoms with van der Waals surface area (Å²) in [6.07, 6.45) is 0. The van der Waals surface area contributed by atoms with Crippen LogP contribution in [0, 0.1) is 21.7 Å². The van der Waals surface area contributed by atoms with E-state index in [0.29, 0.717) is 5.56 Å². The van der Waals surface area contributed by atoms with E-state index in [-0.39, 0.29) is 22.2 Å². The monoisotopic (exact) mass is 366 g/mol. The number of hydrogen-bond donors (Lipinski definition) is 0. The molecule has 2 aromatic carbocycles. The highest BCUT2D eigenvalue weighted by molar-refractivity contribution is 8.00. The number of carbonyl (C=O) groups excluding carboxylic acids is 1. The van der Waals surface area contributed by atoms with Crippen LogP contribution in [0.15, 0.2) is 47.4 Å². The molecular formula is C17H16F2N2O3S. The summed E-state index contributed by atoms with van der Waals surface area (Å²) >= 11 is 0.904. The van der Waals surface area contributed by atoms with Crippen LogP contribution >= 0.6 is 11.8 Å². The van der Waals surface area contributed by atoms with E-state index in [4.69, 9.17) is 0 Å². The fourth-order valence-electron chi connectivity index (χ4n) is 2.17. The summed E-state index contributed by atoms with van der Waals surface area (Å²) in [6.45, 7) is 1.74. The Bertz CT molecular complexity index is 801. The summed E-state index contributed by atoms with van der Waals surface area (Å²) in [5.74, 6) is -1.54. The van der Waals surface area contributed by atoms with Gasteiger partial charge in [0.1, 0.15) is 11.6 Å². The predicted molar refractivity (Wildman–Crippen MR) is 91.4 cm³/mol. The van der Waals surface area contributed by atoms with Crippen LogP contribution in [0.3, 0.4) is 0 Å². The number of hydrogen-bond acceptors (Lipinski definition) is 4. The first-order valence-electron chi connectivity index (χ1n) is 7.37. The number of halogens is 2. The second-order valence-electron chi connectivity index (χ2n) is 5.40. The van der Waals surface area contributed by atoms with Crippen molar-refractivity contribution in [2.24, 2.45) is 0 Å². The van der Waals surface area contributed by atoms with Gasteiger partial charge in [0.05, 0.1) is 16.7 Å². The molecule has 25 heavy (non-hydrogen) atoms. The Balaban J connectivity index is 2.05. The first-order chi connectivity index (χ1) is 11.8. The molecule has 0 radical (unpaired) electrons. The Morgan fingerprint density at radius 2 is 2.00 bits per heavy atom. The van der Waals surface area contributed by atoms with Gasteiger partial charge in [-0.05, 0) is 30.7 Å². The van der Waals surface area contributed by atoms with Gasteiger partial charge in [-0.2, -0.15) is 0 Å². The van der Waals surface area contributed by atoms with Gasteiger partial charge in [0.25, 0.3) is 5.69 Å². The fourth-order valence-corrected chi connectivity index (χ4v) is 3.05. The van der Waals surface area contributed by atoms with Crippen LogP contribution in [0.1, 0.15) is 18.5 Å². The molecule has 2 aromatic rings. The minimum Gasteiger partial charge on any atom is -0.338 e. The van der Waals surface area contributed by atoms with Crippen LogP contribution in [-0.4, -0.2) is 28.5 Å². The second-order valence-corrected chi connectivity index (χ2v) is 6.41. The zero-order valence-electron chi connectivity index (χ0n) is 13.6. The molecule has 2 rings (SSSR count). The summed E-state index contributed by atoms with van der Waals surface area (Å²) in [7, 11) is 1.56. The second kappa shape index (κ2) is 8.06. The van der Waals surface area contributed by atoms with E-state index in [9.17, 15) is 23.7 Å². The molecule has 0 aliphatic rings. The number of rotatable bonds is 6. The lowest BCUT2D eigenvalue weighted by Gasteiger charge is -2.25. The van der Waals surface area contributed by atoms with Crippen LogP contribution in [-0.2, 0) is 4.79 Å². The SMILES string of the molecule is C[C@H](c1cccc([N+](=O)[O-])c1)N(C)C(=O)CSc1cc(F)ccc1F. The van der Waals surface area contributed by atoms with Crippen molar-refractivity contribution in [3.05, 3.63) is 69.8 Å². The largest absolute Gasteiger partial charge is 0.338 e. The summed E-state index contributed by atoms with van der Waals surface area (Å²) < 4.78 is 26.7. The van der Waals surface area contributed by atoms with Crippen molar-refractivity contribution < 1.29 is 18.5 Å². The summed E-state index contributed by atoms with van der Waals surface area (Å²) in [4.78, 5) is 24.1. The molecule has 8 heteroatoms. The first-order valence-corrected chi connectivity index (χ1v) is 8.36. The Labute approximate surface area is 147 Å². The van der Waals surface area contributed by atoms with Gasteiger partial charge in [-0.1, -0.05) is 12.1 Å². The van der Waals surface area contributed by atoms with Crippen molar-refractivity contribution in [1.82, 2.24) is 4.90 Å². The van der Waals surface area contributed by atoms with Gasteiger partial charge in [0.2, 0.25) is 5.91 Å². The number of amides is 1. The number of nitro groups is 1. The predicted octanol–water partition coefficient (Wildman–Crippen LogP) is 4.18. The molecule has 1 atom stereocenters. The molecule has 0 unspecified atom stereocenters. The molecule has 0 aromatic heterocycles. The lowest BCUT2D eigenvalue weighted by Crippen LogP contribution is -2.31. The first kappa shape index (κ1) is 18.9. The van der Waals surface area contributed by atoms with Gasteiger partial charge in [-0.15, -0.1) is 11.8 Å². The van der Waals surface area contributed by atoms with E-state index in [0.717, 1.165) is 30.0 Å². The highest BCUT2D eigenvalue weighted by atomic mass is 32.2. The van der Waals surface area contributed by atoms with Gasteiger partial charge in [-0.3, -0.25) is 14.9 Å². The van der Waals surface area contributed by atoms with Crippen molar-refractivity contribution in [2.75, 3.05) is 12.8 Å². The number of thioether (sulfide) groups is 1. The van der Waals surface area contributed by atoms with Crippen molar-refractivity contribution in [3.8, 4) is 0 Å². The van der Waals surface area contributed by atoms with Crippen molar-refractivity contribution in [1.29, 1.82) is 0 Å². The highest BCUT2D eigenvalue weighted by Crippen LogP contribution is 2.26. The molecule has 0 spiro atoms. The zero-order valence-corrected chi connectivity index (χ0v) is 14.4. The van der Waals surface area contributed by atoms with Gasteiger partial charge < -0.3 is 4.90 Å². The summed E-state index contributed by atoms with van der Waals surface area (Å²) in [6, 6.07) is 8.70. The van der Waals surface area contributed by atoms with Crippen molar-refractivity contribution >= 4 is 23.4 Å². The van der Waals surface area contributed by atoms with Crippen LogP contribution in [0.5, 0.6) is 0 Å². The number of carbonyl (C=O) groups is 1. The van der Waals surface area contributed by atoms with Gasteiger partial charge in [-0.25, -0.2) is 8.78 Å². The van der Waals surface area contributed by atoms with E-state index >= 15 is 0 Å². The quantitative estimate of drug-likeness (QED) is 0.437. The average molecular weight is 366 g/mol. The number of nitrogens with zero attached hydrogens (tertiary/aromatic N) is 2. The molecule has 0 bridgehead atoms. The lowest BCUT2D eigenvalue weighted by molar-refractivity contribution is -0.384. The topological polar surface area (TPSA) is 63.5 Å². The smallest absolute Gasteiger partial charge is 0.269 e. The maximum atomic E-state index is 13.6. The number of non-ortho nitro benzene ring substituents is 1. The third kappa shape index (κ3) is 4.76. The van der Waals surface area contributed by atoms with Crippen LogP contribution in [0.4, 0.5) is 14.5 Å². The van der Waals surface area contributed by atoms with Gasteiger partial charge >= 0.3 is 0 Å². The van der Waals surface area contributed by atoms with E-state index in [1.54, 1.807) is 26.1 Å². The zero-order chi connectivity index (χ0) is 18.6. The number of nitro benzene ring substituents is 1. The molecule has 1 amide bonds. The Morgan fingerprint density at radius 1 is 1.28 bits per heavy atom. The highest BCUT2D eigenvalue weighted by Gasteiger charge is 2.20. The molecule has 0 aliphatic carbocycles. The van der Waals surface area contributed by atoms with Crippen molar-refractivity contribution in [3.63, 3.8) is 0 Å². The van der Waals surface area contributed by atoms with E-state index in [1.165, 1.54) is 17.0 Å². The average Bonchev–Trinajstić information content (AvgIpc) is 2.61. The summed E-state index contributed by atoms with van der Waals surface area (Å²) in [5, 5.41) is 10.9. The normalized spacial score (nSPS) is 11.8. The van der Waals surface area contributed by atoms with Crippen LogP contribution in [0.2, 0.25) is 0 Å². The standard InChI is InChI=1S/C17H16F2N2O3S/c1-11(12-4-3-5-14(8-12)21(23)24)20(2)17(22)10-25-16-9-13(18)6-7-15(16)19/h3-9,11H,10H2,1-2H3/t11-/m1/s1. The molecule has 5 nitrogen and oxygen atoms in total. The minimum absolute atomic E-state index is 0.0543. The molecule has 0 fully saturated rings. The number of benzene rings is 2. The van der Waals surface area contributed by atoms with Crippen LogP contribution < -0.4 is 0 Å².